The van der Waals surface area contributed by atoms with Crippen LogP contribution in [-0.2, 0) is 9.59 Å². The van der Waals surface area contributed by atoms with E-state index < -0.39 is 36.3 Å². The van der Waals surface area contributed by atoms with E-state index >= 15 is 0 Å². The Labute approximate surface area is 150 Å². The van der Waals surface area contributed by atoms with E-state index in [1.54, 1.807) is 30.3 Å². The number of hydrazine groups is 1. The molecule has 0 bridgehead atoms. The first kappa shape index (κ1) is 19.2. The zero-order valence-electron chi connectivity index (χ0n) is 14.1. The number of hydrogen-bond acceptors (Lipinski definition) is 5. The minimum atomic E-state index is -1.37. The van der Waals surface area contributed by atoms with Crippen molar-refractivity contribution < 1.29 is 29.4 Å². The predicted molar refractivity (Wildman–Crippen MR) is 87.6 cm³/mol. The van der Waals surface area contributed by atoms with Crippen molar-refractivity contribution in [1.29, 1.82) is 0 Å². The van der Waals surface area contributed by atoms with Gasteiger partial charge in [-0.25, -0.2) is 9.80 Å². The lowest BCUT2D eigenvalue weighted by atomic mass is 10.0. The normalized spacial score (nSPS) is 16.6. The maximum absolute atomic E-state index is 12.7. The molecule has 0 radical (unpaired) electrons. The summed E-state index contributed by atoms with van der Waals surface area (Å²) in [6.07, 6.45) is 1.13. The van der Waals surface area contributed by atoms with Crippen LogP contribution in [0, 0.1) is 0 Å². The molecule has 1 aromatic carbocycles. The van der Waals surface area contributed by atoms with Crippen molar-refractivity contribution >= 4 is 23.9 Å². The average molecular weight is 362 g/mol. The lowest BCUT2D eigenvalue weighted by Gasteiger charge is -2.39. The first-order chi connectivity index (χ1) is 12.4. The number of nitrogens with zero attached hydrogens (tertiary/aromatic N) is 2. The zero-order chi connectivity index (χ0) is 19.1. The summed E-state index contributed by atoms with van der Waals surface area (Å²) in [4.78, 5) is 48.3. The standard InChI is InChI=1S/C17H21N3O6/c21-14(22)9-11-20(18-15(23)12-6-2-1-3-7-12)17(26)19-10-5-4-8-13(19)16(24)25/h1-3,6-7,13H,4-5,8-11H2,(H,18,23)(H,21,22)(H,24,25)/p-1. The van der Waals surface area contributed by atoms with Crippen LogP contribution in [0.2, 0.25) is 0 Å². The molecular formula is C17H20N3O6-. The summed E-state index contributed by atoms with van der Waals surface area (Å²) in [5.41, 5.74) is 2.66. The molecular weight excluding hydrogens is 342 g/mol. The van der Waals surface area contributed by atoms with Gasteiger partial charge >= 0.3 is 12.0 Å². The van der Waals surface area contributed by atoms with Gasteiger partial charge in [-0.15, -0.1) is 0 Å². The molecule has 0 aromatic heterocycles. The Morgan fingerprint density at radius 1 is 1.19 bits per heavy atom. The fraction of sp³-hybridized carbons (Fsp3) is 0.412. The second-order valence-corrected chi connectivity index (χ2v) is 5.91. The maximum Gasteiger partial charge on any atom is 0.339 e. The molecule has 1 atom stereocenters. The Morgan fingerprint density at radius 3 is 2.50 bits per heavy atom. The number of nitrogens with one attached hydrogen (secondary N) is 1. The summed E-state index contributed by atoms with van der Waals surface area (Å²) in [5.74, 6) is -3.11. The van der Waals surface area contributed by atoms with E-state index in [4.69, 9.17) is 5.11 Å². The highest BCUT2D eigenvalue weighted by Crippen LogP contribution is 2.18. The molecule has 0 saturated carbocycles. The van der Waals surface area contributed by atoms with Gasteiger partial charge in [0.05, 0.1) is 25.0 Å². The van der Waals surface area contributed by atoms with E-state index in [2.05, 4.69) is 5.43 Å². The average Bonchev–Trinajstić information content (AvgIpc) is 2.64. The Hall–Kier alpha value is -3.10. The van der Waals surface area contributed by atoms with Gasteiger partial charge in [-0.2, -0.15) is 0 Å². The number of amides is 3. The third kappa shape index (κ3) is 4.95. The van der Waals surface area contributed by atoms with Crippen molar-refractivity contribution in [1.82, 2.24) is 15.3 Å². The van der Waals surface area contributed by atoms with Crippen LogP contribution in [0.1, 0.15) is 36.0 Å². The van der Waals surface area contributed by atoms with Crippen molar-refractivity contribution in [3.8, 4) is 0 Å². The fourth-order valence-electron chi connectivity index (χ4n) is 2.74. The number of carbonyl (C=O) groups excluding carboxylic acids is 3. The minimum absolute atomic E-state index is 0.197. The largest absolute Gasteiger partial charge is 0.548 e. The molecule has 9 nitrogen and oxygen atoms in total. The highest BCUT2D eigenvalue weighted by molar-refractivity contribution is 5.95. The summed E-state index contributed by atoms with van der Waals surface area (Å²) in [7, 11) is 0. The number of benzene rings is 1. The molecule has 1 aliphatic heterocycles. The number of urea groups is 1. The fourth-order valence-corrected chi connectivity index (χ4v) is 2.74. The summed E-state index contributed by atoms with van der Waals surface area (Å²) in [5, 5.41) is 21.0. The topological polar surface area (TPSA) is 130 Å². The smallest absolute Gasteiger partial charge is 0.339 e. The number of carbonyl (C=O) groups is 4. The lowest BCUT2D eigenvalue weighted by Crippen LogP contribution is -2.59. The lowest BCUT2D eigenvalue weighted by molar-refractivity contribution is -0.311. The summed E-state index contributed by atoms with van der Waals surface area (Å²) in [6, 6.07) is 6.24. The minimum Gasteiger partial charge on any atom is -0.548 e. The molecule has 1 aliphatic rings. The molecule has 140 valence electrons. The highest BCUT2D eigenvalue weighted by Gasteiger charge is 2.31. The number of aliphatic carboxylic acids is 2. The van der Waals surface area contributed by atoms with Crippen LogP contribution in [0.3, 0.4) is 0 Å². The van der Waals surface area contributed by atoms with E-state index in [1.165, 1.54) is 0 Å². The molecule has 1 aromatic rings. The van der Waals surface area contributed by atoms with Crippen LogP contribution in [-0.4, -0.2) is 58.0 Å². The van der Waals surface area contributed by atoms with E-state index in [0.717, 1.165) is 9.91 Å². The molecule has 3 amide bonds. The van der Waals surface area contributed by atoms with Gasteiger partial charge in [0, 0.05) is 12.1 Å². The van der Waals surface area contributed by atoms with Gasteiger partial charge < -0.3 is 19.9 Å². The Kier molecular flexibility index (Phi) is 6.54. The molecule has 2 N–H and O–H groups in total. The van der Waals surface area contributed by atoms with Gasteiger partial charge in [-0.3, -0.25) is 15.0 Å². The number of carboxylic acid groups (broad SMARTS) is 2. The number of rotatable bonds is 5. The predicted octanol–water partition coefficient (Wildman–Crippen LogP) is -0.167. The van der Waals surface area contributed by atoms with Gasteiger partial charge in [0.2, 0.25) is 0 Å². The van der Waals surface area contributed by atoms with Gasteiger partial charge in [0.25, 0.3) is 5.91 Å². The molecule has 26 heavy (non-hydrogen) atoms. The zero-order valence-corrected chi connectivity index (χ0v) is 14.1. The molecule has 9 heteroatoms. The SMILES string of the molecule is O=C(O)CCN(NC(=O)c1ccccc1)C(=O)N1CCCCC1C(=O)[O-]. The highest BCUT2D eigenvalue weighted by atomic mass is 16.4. The van der Waals surface area contributed by atoms with E-state index in [9.17, 15) is 24.3 Å². The van der Waals surface area contributed by atoms with Crippen LogP contribution < -0.4 is 10.5 Å². The van der Waals surface area contributed by atoms with E-state index in [-0.39, 0.29) is 25.1 Å². The van der Waals surface area contributed by atoms with Crippen molar-refractivity contribution in [2.45, 2.75) is 31.7 Å². The molecule has 2 rings (SSSR count). The summed E-state index contributed by atoms with van der Waals surface area (Å²) < 4.78 is 0. The van der Waals surface area contributed by atoms with Crippen LogP contribution in [0.25, 0.3) is 0 Å². The molecule has 1 fully saturated rings. The van der Waals surface area contributed by atoms with Crippen molar-refractivity contribution in [2.24, 2.45) is 0 Å². The van der Waals surface area contributed by atoms with Crippen LogP contribution in [0.4, 0.5) is 4.79 Å². The Bertz CT molecular complexity index is 678. The van der Waals surface area contributed by atoms with Crippen molar-refractivity contribution in [2.75, 3.05) is 13.1 Å². The second kappa shape index (κ2) is 8.84. The third-order valence-electron chi connectivity index (χ3n) is 4.07. The second-order valence-electron chi connectivity index (χ2n) is 5.91. The van der Waals surface area contributed by atoms with Crippen molar-refractivity contribution in [3.05, 3.63) is 35.9 Å². The molecule has 0 spiro atoms. The van der Waals surface area contributed by atoms with Gasteiger partial charge in [-0.05, 0) is 31.4 Å². The van der Waals surface area contributed by atoms with Crippen LogP contribution in [0.15, 0.2) is 30.3 Å². The Morgan fingerprint density at radius 2 is 1.88 bits per heavy atom. The van der Waals surface area contributed by atoms with Crippen molar-refractivity contribution in [3.63, 3.8) is 0 Å². The van der Waals surface area contributed by atoms with Gasteiger partial charge in [0.15, 0.2) is 0 Å². The first-order valence-electron chi connectivity index (χ1n) is 8.27. The third-order valence-corrected chi connectivity index (χ3v) is 4.07. The summed E-state index contributed by atoms with van der Waals surface area (Å²) in [6.45, 7) is -0.0920. The van der Waals surface area contributed by atoms with Crippen LogP contribution in [0.5, 0.6) is 0 Å². The first-order valence-corrected chi connectivity index (χ1v) is 8.27. The van der Waals surface area contributed by atoms with E-state index in [0.29, 0.717) is 12.8 Å². The molecule has 1 heterocycles. The number of hydrogen-bond donors (Lipinski definition) is 2. The molecule has 1 unspecified atom stereocenters. The molecule has 0 aliphatic carbocycles. The van der Waals surface area contributed by atoms with Gasteiger partial charge in [-0.1, -0.05) is 18.2 Å². The van der Waals surface area contributed by atoms with E-state index in [1.807, 2.05) is 0 Å². The monoisotopic (exact) mass is 362 g/mol. The Balaban J connectivity index is 2.16. The quantitative estimate of drug-likeness (QED) is 0.700. The number of piperidine rings is 1. The van der Waals surface area contributed by atoms with Crippen LogP contribution >= 0.6 is 0 Å². The number of carboxylic acids is 2. The maximum atomic E-state index is 12.7. The number of likely N-dealkylation sites (tertiary alicyclic amines) is 1. The molecule has 1 saturated heterocycles. The summed E-state index contributed by atoms with van der Waals surface area (Å²) >= 11 is 0. The van der Waals surface area contributed by atoms with Gasteiger partial charge in [0.1, 0.15) is 0 Å².